The van der Waals surface area contributed by atoms with Crippen molar-refractivity contribution in [3.05, 3.63) is 0 Å². The molecule has 0 spiro atoms. The van der Waals surface area contributed by atoms with Crippen molar-refractivity contribution in [1.29, 1.82) is 0 Å². The van der Waals surface area contributed by atoms with E-state index >= 15 is 0 Å². The van der Waals surface area contributed by atoms with Crippen LogP contribution in [0.4, 0.5) is 4.79 Å². The van der Waals surface area contributed by atoms with E-state index in [0.717, 1.165) is 18.6 Å². The summed E-state index contributed by atoms with van der Waals surface area (Å²) in [6, 6.07) is -0.371. The van der Waals surface area contributed by atoms with Crippen LogP contribution in [0.3, 0.4) is 0 Å². The van der Waals surface area contributed by atoms with E-state index < -0.39 is 11.5 Å². The predicted octanol–water partition coefficient (Wildman–Crippen LogP) is 1.05. The largest absolute Gasteiger partial charge is 0.480 e. The Morgan fingerprint density at radius 2 is 2.06 bits per heavy atom. The molecule has 16 heavy (non-hydrogen) atoms. The van der Waals surface area contributed by atoms with Crippen LogP contribution in [0.2, 0.25) is 0 Å². The van der Waals surface area contributed by atoms with Crippen LogP contribution >= 0.6 is 11.8 Å². The van der Waals surface area contributed by atoms with Crippen LogP contribution in [0.25, 0.3) is 0 Å². The average molecular weight is 246 g/mol. The van der Waals surface area contributed by atoms with E-state index in [0.29, 0.717) is 19.4 Å². The molecule has 0 heterocycles. The number of carbonyl (C=O) groups is 2. The van der Waals surface area contributed by atoms with Gasteiger partial charge < -0.3 is 15.7 Å². The fourth-order valence-electron chi connectivity index (χ4n) is 1.35. The average Bonchev–Trinajstić information content (AvgIpc) is 2.98. The molecule has 1 aliphatic carbocycles. The Balaban J connectivity index is 2.10. The lowest BCUT2D eigenvalue weighted by Gasteiger charge is -2.13. The zero-order chi connectivity index (χ0) is 12.0. The van der Waals surface area contributed by atoms with E-state index in [9.17, 15) is 9.59 Å². The highest BCUT2D eigenvalue weighted by Crippen LogP contribution is 2.35. The molecule has 0 radical (unpaired) electrons. The Hall–Kier alpha value is -0.910. The quantitative estimate of drug-likeness (QED) is 0.587. The van der Waals surface area contributed by atoms with Gasteiger partial charge in [0.25, 0.3) is 0 Å². The molecule has 1 rings (SSSR count). The van der Waals surface area contributed by atoms with E-state index in [1.165, 1.54) is 0 Å². The number of carboxylic acids is 1. The number of rotatable bonds is 7. The van der Waals surface area contributed by atoms with Crippen molar-refractivity contribution in [2.45, 2.75) is 31.2 Å². The third kappa shape index (κ3) is 3.92. The van der Waals surface area contributed by atoms with Crippen LogP contribution < -0.4 is 10.6 Å². The van der Waals surface area contributed by atoms with Gasteiger partial charge in [-0.05, 0) is 37.7 Å². The number of nitrogens with one attached hydrogen (secondary N) is 2. The minimum Gasteiger partial charge on any atom is -0.480 e. The standard InChI is InChI=1S/C10H18N2O3S/c1-16-7-3-2-6-11-9(15)12-10(4-5-10)8(13)14/h2-7H2,1H3,(H,13,14)(H2,11,12,15). The van der Waals surface area contributed by atoms with Gasteiger partial charge in [0.15, 0.2) is 0 Å². The molecular weight excluding hydrogens is 228 g/mol. The van der Waals surface area contributed by atoms with Crippen molar-refractivity contribution in [2.75, 3.05) is 18.6 Å². The second-order valence-electron chi connectivity index (χ2n) is 3.97. The Morgan fingerprint density at radius 1 is 1.38 bits per heavy atom. The van der Waals surface area contributed by atoms with Gasteiger partial charge in [-0.1, -0.05) is 0 Å². The molecule has 0 atom stereocenters. The minimum atomic E-state index is -0.983. The lowest BCUT2D eigenvalue weighted by atomic mass is 10.3. The van der Waals surface area contributed by atoms with E-state index in [1.807, 2.05) is 6.26 Å². The number of hydrogen-bond donors (Lipinski definition) is 3. The van der Waals surface area contributed by atoms with Crippen LogP contribution in [0.15, 0.2) is 0 Å². The summed E-state index contributed by atoms with van der Waals surface area (Å²) in [6.07, 6.45) is 5.09. The molecule has 0 aromatic carbocycles. The van der Waals surface area contributed by atoms with Crippen molar-refractivity contribution in [1.82, 2.24) is 10.6 Å². The molecule has 0 bridgehead atoms. The normalized spacial score (nSPS) is 16.6. The fraction of sp³-hybridized carbons (Fsp3) is 0.800. The van der Waals surface area contributed by atoms with Crippen molar-refractivity contribution >= 4 is 23.8 Å². The SMILES string of the molecule is CSCCCCNC(=O)NC1(C(=O)O)CC1. The molecule has 0 aromatic rings. The van der Waals surface area contributed by atoms with E-state index in [-0.39, 0.29) is 6.03 Å². The molecule has 1 saturated carbocycles. The summed E-state index contributed by atoms with van der Waals surface area (Å²) in [4.78, 5) is 22.1. The van der Waals surface area contributed by atoms with E-state index in [2.05, 4.69) is 10.6 Å². The van der Waals surface area contributed by atoms with Gasteiger partial charge in [0.05, 0.1) is 0 Å². The van der Waals surface area contributed by atoms with Gasteiger partial charge in [-0.2, -0.15) is 11.8 Å². The summed E-state index contributed by atoms with van der Waals surface area (Å²) in [5, 5.41) is 14.0. The number of hydrogen-bond acceptors (Lipinski definition) is 3. The first-order chi connectivity index (χ1) is 7.60. The van der Waals surface area contributed by atoms with Crippen LogP contribution in [0.1, 0.15) is 25.7 Å². The number of carboxylic acid groups (broad SMARTS) is 1. The Labute approximate surface area is 99.4 Å². The number of urea groups is 1. The maximum atomic E-state index is 11.3. The smallest absolute Gasteiger partial charge is 0.329 e. The van der Waals surface area contributed by atoms with Crippen molar-refractivity contribution in [3.8, 4) is 0 Å². The van der Waals surface area contributed by atoms with Crippen molar-refractivity contribution in [2.24, 2.45) is 0 Å². The molecule has 1 aliphatic rings. The maximum Gasteiger partial charge on any atom is 0.329 e. The first-order valence-corrected chi connectivity index (χ1v) is 6.78. The molecular formula is C10H18N2O3S. The second-order valence-corrected chi connectivity index (χ2v) is 4.95. The van der Waals surface area contributed by atoms with Crippen LogP contribution in [-0.2, 0) is 4.79 Å². The van der Waals surface area contributed by atoms with Crippen molar-refractivity contribution < 1.29 is 14.7 Å². The highest BCUT2D eigenvalue weighted by Gasteiger charge is 2.51. The molecule has 6 heteroatoms. The number of aliphatic carboxylic acids is 1. The Morgan fingerprint density at radius 3 is 2.56 bits per heavy atom. The fourth-order valence-corrected chi connectivity index (χ4v) is 1.84. The van der Waals surface area contributed by atoms with Crippen LogP contribution in [0, 0.1) is 0 Å². The Kier molecular flexibility index (Phi) is 4.92. The third-order valence-electron chi connectivity index (χ3n) is 2.57. The monoisotopic (exact) mass is 246 g/mol. The van der Waals surface area contributed by atoms with E-state index in [1.54, 1.807) is 11.8 Å². The minimum absolute atomic E-state index is 0.371. The summed E-state index contributed by atoms with van der Waals surface area (Å²) in [5.74, 6) is 0.146. The lowest BCUT2D eigenvalue weighted by molar-refractivity contribution is -0.140. The molecule has 3 N–H and O–H groups in total. The summed E-state index contributed by atoms with van der Waals surface area (Å²) >= 11 is 1.78. The maximum absolute atomic E-state index is 11.3. The molecule has 0 aliphatic heterocycles. The zero-order valence-electron chi connectivity index (χ0n) is 9.41. The summed E-state index contributed by atoms with van der Waals surface area (Å²) in [5.41, 5.74) is -0.983. The number of amides is 2. The zero-order valence-corrected chi connectivity index (χ0v) is 10.2. The van der Waals surface area contributed by atoms with E-state index in [4.69, 9.17) is 5.11 Å². The van der Waals surface area contributed by atoms with Gasteiger partial charge >= 0.3 is 12.0 Å². The first kappa shape index (κ1) is 13.2. The van der Waals surface area contributed by atoms with Gasteiger partial charge in [0.2, 0.25) is 0 Å². The van der Waals surface area contributed by atoms with Crippen LogP contribution in [0.5, 0.6) is 0 Å². The highest BCUT2D eigenvalue weighted by molar-refractivity contribution is 7.98. The second kappa shape index (κ2) is 5.98. The molecule has 0 saturated heterocycles. The topological polar surface area (TPSA) is 78.4 Å². The summed E-state index contributed by atoms with van der Waals surface area (Å²) in [6.45, 7) is 0.599. The summed E-state index contributed by atoms with van der Waals surface area (Å²) < 4.78 is 0. The Bertz CT molecular complexity index is 267. The van der Waals surface area contributed by atoms with Crippen molar-refractivity contribution in [3.63, 3.8) is 0 Å². The molecule has 0 aromatic heterocycles. The van der Waals surface area contributed by atoms with Gasteiger partial charge in [0, 0.05) is 6.54 Å². The molecule has 0 unspecified atom stereocenters. The molecule has 2 amide bonds. The van der Waals surface area contributed by atoms with Gasteiger partial charge in [-0.3, -0.25) is 0 Å². The third-order valence-corrected chi connectivity index (χ3v) is 3.27. The number of carbonyl (C=O) groups excluding carboxylic acids is 1. The molecule has 5 nitrogen and oxygen atoms in total. The lowest BCUT2D eigenvalue weighted by Crippen LogP contribution is -2.48. The van der Waals surface area contributed by atoms with Gasteiger partial charge in [-0.15, -0.1) is 0 Å². The molecule has 92 valence electrons. The number of unbranched alkanes of at least 4 members (excludes halogenated alkanes) is 1. The van der Waals surface area contributed by atoms with Gasteiger partial charge in [0.1, 0.15) is 5.54 Å². The molecule has 1 fully saturated rings. The summed E-state index contributed by atoms with van der Waals surface area (Å²) in [7, 11) is 0. The highest BCUT2D eigenvalue weighted by atomic mass is 32.2. The first-order valence-electron chi connectivity index (χ1n) is 5.39. The number of thioether (sulfide) groups is 1. The van der Waals surface area contributed by atoms with Crippen LogP contribution in [-0.4, -0.2) is 41.2 Å². The predicted molar refractivity (Wildman–Crippen MR) is 63.8 cm³/mol. The van der Waals surface area contributed by atoms with Gasteiger partial charge in [-0.25, -0.2) is 9.59 Å².